The minimum absolute atomic E-state index is 0.0444. The third-order valence-electron chi connectivity index (χ3n) is 7.46. The summed E-state index contributed by atoms with van der Waals surface area (Å²) >= 11 is 0. The SMILES string of the molecule is CC(=O)c1c(OCC(=O)[C@H](Cc2ccccc2)NC(=O)[C@H](CC(N)=O)NC(=O)c2ccc3ccccc3n2)ccc2ccccc12. The lowest BCUT2D eigenvalue weighted by Crippen LogP contribution is -2.54. The van der Waals surface area contributed by atoms with Crippen LogP contribution in [0, 0.1) is 0 Å². The summed E-state index contributed by atoms with van der Waals surface area (Å²) in [6.45, 7) is 0.972. The number of carbonyl (C=O) groups excluding carboxylic acids is 5. The summed E-state index contributed by atoms with van der Waals surface area (Å²) in [6.07, 6.45) is -0.400. The number of nitrogens with one attached hydrogen (secondary N) is 2. The summed E-state index contributed by atoms with van der Waals surface area (Å²) in [5.74, 6) is -2.76. The van der Waals surface area contributed by atoms with Crippen LogP contribution in [0.4, 0.5) is 0 Å². The van der Waals surface area contributed by atoms with Crippen LogP contribution in [0.5, 0.6) is 5.75 Å². The molecule has 0 fully saturated rings. The molecule has 0 spiro atoms. The van der Waals surface area contributed by atoms with Crippen LogP contribution in [0.1, 0.15) is 39.8 Å². The Morgan fingerprint density at radius 1 is 0.761 bits per heavy atom. The first-order valence-electron chi connectivity index (χ1n) is 14.7. The molecule has 1 aromatic heterocycles. The van der Waals surface area contributed by atoms with Gasteiger partial charge in [0.05, 0.1) is 23.5 Å². The van der Waals surface area contributed by atoms with E-state index < -0.39 is 48.6 Å². The van der Waals surface area contributed by atoms with Crippen LogP contribution >= 0.6 is 0 Å². The molecule has 0 aliphatic heterocycles. The van der Waals surface area contributed by atoms with Gasteiger partial charge in [0, 0.05) is 5.39 Å². The molecule has 0 saturated carbocycles. The number of para-hydroxylation sites is 1. The van der Waals surface area contributed by atoms with Crippen molar-refractivity contribution in [3.8, 4) is 5.75 Å². The molecule has 0 aliphatic carbocycles. The van der Waals surface area contributed by atoms with Gasteiger partial charge in [-0.05, 0) is 47.9 Å². The standard InChI is InChI=1S/C36H32N4O6/c1-22(41)34-26-13-7-5-11-24(26)16-18-32(34)46-21-31(42)29(19-23-9-3-2-4-10-23)39-36(45)30(20-33(37)43)40-35(44)28-17-15-25-12-6-8-14-27(25)38-28/h2-18,29-30H,19-21H2,1H3,(H2,37,43)(H,39,45)(H,40,44)/t29-,30-/m0/s1. The molecule has 2 atom stereocenters. The number of ketones is 2. The maximum Gasteiger partial charge on any atom is 0.270 e. The van der Waals surface area contributed by atoms with Gasteiger partial charge in [-0.1, -0.05) is 84.9 Å². The van der Waals surface area contributed by atoms with Gasteiger partial charge in [0.1, 0.15) is 24.1 Å². The molecule has 10 nitrogen and oxygen atoms in total. The van der Waals surface area contributed by atoms with Gasteiger partial charge in [-0.25, -0.2) is 4.98 Å². The van der Waals surface area contributed by atoms with E-state index in [1.165, 1.54) is 13.0 Å². The van der Waals surface area contributed by atoms with Crippen LogP contribution in [-0.2, 0) is 20.8 Å². The molecular weight excluding hydrogens is 584 g/mol. The first-order valence-corrected chi connectivity index (χ1v) is 14.7. The second kappa shape index (κ2) is 14.3. The number of nitrogens with zero attached hydrogens (tertiary/aromatic N) is 1. The number of pyridine rings is 1. The van der Waals surface area contributed by atoms with Gasteiger partial charge in [0.15, 0.2) is 11.6 Å². The summed E-state index contributed by atoms with van der Waals surface area (Å²) in [5.41, 5.74) is 7.16. The number of amides is 3. The van der Waals surface area contributed by atoms with Gasteiger partial charge in [-0.3, -0.25) is 24.0 Å². The van der Waals surface area contributed by atoms with E-state index in [1.807, 2.05) is 36.4 Å². The lowest BCUT2D eigenvalue weighted by atomic mass is 10.0. The molecule has 232 valence electrons. The zero-order valence-electron chi connectivity index (χ0n) is 25.1. The zero-order valence-corrected chi connectivity index (χ0v) is 25.1. The van der Waals surface area contributed by atoms with Gasteiger partial charge in [-0.2, -0.15) is 0 Å². The van der Waals surface area contributed by atoms with Crippen molar-refractivity contribution in [1.82, 2.24) is 15.6 Å². The van der Waals surface area contributed by atoms with E-state index in [9.17, 15) is 24.0 Å². The van der Waals surface area contributed by atoms with Gasteiger partial charge >= 0.3 is 0 Å². The summed E-state index contributed by atoms with van der Waals surface area (Å²) in [4.78, 5) is 69.1. The lowest BCUT2D eigenvalue weighted by Gasteiger charge is -2.23. The predicted octanol–water partition coefficient (Wildman–Crippen LogP) is 3.94. The van der Waals surface area contributed by atoms with Crippen molar-refractivity contribution in [1.29, 1.82) is 0 Å². The lowest BCUT2D eigenvalue weighted by molar-refractivity contribution is -0.131. The fraction of sp³-hybridized carbons (Fsp3) is 0.167. The highest BCUT2D eigenvalue weighted by atomic mass is 16.5. The highest BCUT2D eigenvalue weighted by molar-refractivity contribution is 6.09. The molecule has 0 saturated heterocycles. The normalized spacial score (nSPS) is 12.2. The molecule has 5 aromatic rings. The molecule has 10 heteroatoms. The van der Waals surface area contributed by atoms with E-state index in [-0.39, 0.29) is 23.6 Å². The predicted molar refractivity (Wildman–Crippen MR) is 173 cm³/mol. The number of rotatable bonds is 13. The van der Waals surface area contributed by atoms with Crippen LogP contribution in [0.2, 0.25) is 0 Å². The monoisotopic (exact) mass is 616 g/mol. The Bertz CT molecular complexity index is 1940. The van der Waals surface area contributed by atoms with Crippen molar-refractivity contribution in [2.75, 3.05) is 6.61 Å². The van der Waals surface area contributed by atoms with E-state index in [1.54, 1.807) is 60.7 Å². The zero-order chi connectivity index (χ0) is 32.6. The average molecular weight is 617 g/mol. The van der Waals surface area contributed by atoms with Gasteiger partial charge in [0.25, 0.3) is 5.91 Å². The van der Waals surface area contributed by atoms with E-state index in [0.717, 1.165) is 16.3 Å². The number of ether oxygens (including phenoxy) is 1. The number of carbonyl (C=O) groups is 5. The van der Waals surface area contributed by atoms with Crippen molar-refractivity contribution < 1.29 is 28.7 Å². The molecule has 46 heavy (non-hydrogen) atoms. The second-order valence-corrected chi connectivity index (χ2v) is 10.8. The van der Waals surface area contributed by atoms with Crippen LogP contribution in [0.15, 0.2) is 103 Å². The summed E-state index contributed by atoms with van der Waals surface area (Å²) in [6, 6.07) is 27.8. The molecule has 1 heterocycles. The molecule has 5 rings (SSSR count). The van der Waals surface area contributed by atoms with Gasteiger partial charge < -0.3 is 21.1 Å². The van der Waals surface area contributed by atoms with E-state index >= 15 is 0 Å². The van der Waals surface area contributed by atoms with E-state index in [4.69, 9.17) is 10.5 Å². The van der Waals surface area contributed by atoms with Crippen LogP contribution in [0.25, 0.3) is 21.7 Å². The molecule has 4 aromatic carbocycles. The summed E-state index contributed by atoms with van der Waals surface area (Å²) in [7, 11) is 0. The quantitative estimate of drug-likeness (QED) is 0.169. The number of fused-ring (bicyclic) bond motifs is 2. The molecule has 4 N–H and O–H groups in total. The molecule has 0 aliphatic rings. The Morgan fingerprint density at radius 2 is 1.43 bits per heavy atom. The Balaban J connectivity index is 1.35. The molecule has 3 amide bonds. The van der Waals surface area contributed by atoms with Crippen LogP contribution in [-0.4, -0.2) is 53.0 Å². The second-order valence-electron chi connectivity index (χ2n) is 10.8. The number of hydrogen-bond donors (Lipinski definition) is 3. The highest BCUT2D eigenvalue weighted by Crippen LogP contribution is 2.28. The first-order chi connectivity index (χ1) is 22.2. The highest BCUT2D eigenvalue weighted by Gasteiger charge is 2.29. The number of benzene rings is 4. The maximum atomic E-state index is 13.6. The number of Topliss-reactive ketones (excluding diaryl/α,β-unsaturated/α-hetero) is 2. The number of primary amides is 1. The Morgan fingerprint density at radius 3 is 2.17 bits per heavy atom. The van der Waals surface area contributed by atoms with E-state index in [2.05, 4.69) is 15.6 Å². The summed E-state index contributed by atoms with van der Waals surface area (Å²) < 4.78 is 5.88. The topological polar surface area (TPSA) is 158 Å². The van der Waals surface area contributed by atoms with Crippen molar-refractivity contribution in [2.45, 2.75) is 31.8 Å². The maximum absolute atomic E-state index is 13.6. The number of nitrogens with two attached hydrogens (primary N) is 1. The molecule has 0 unspecified atom stereocenters. The first kappa shape index (κ1) is 31.5. The van der Waals surface area contributed by atoms with Crippen LogP contribution in [0.3, 0.4) is 0 Å². The number of hydrogen-bond acceptors (Lipinski definition) is 7. The fourth-order valence-electron chi connectivity index (χ4n) is 5.19. The Kier molecular flexibility index (Phi) is 9.77. The Hall–Kier alpha value is -5.90. The van der Waals surface area contributed by atoms with Crippen molar-refractivity contribution in [2.24, 2.45) is 5.73 Å². The molecule has 0 bridgehead atoms. The van der Waals surface area contributed by atoms with Crippen molar-refractivity contribution in [3.05, 3.63) is 120 Å². The Labute approximate surface area is 265 Å². The van der Waals surface area contributed by atoms with Crippen LogP contribution < -0.4 is 21.1 Å². The summed E-state index contributed by atoms with van der Waals surface area (Å²) in [5, 5.41) is 7.59. The van der Waals surface area contributed by atoms with Crippen molar-refractivity contribution in [3.63, 3.8) is 0 Å². The molecule has 0 radical (unpaired) electrons. The third-order valence-corrected chi connectivity index (χ3v) is 7.46. The largest absolute Gasteiger partial charge is 0.485 e. The van der Waals surface area contributed by atoms with Crippen molar-refractivity contribution >= 4 is 51.0 Å². The smallest absolute Gasteiger partial charge is 0.270 e. The number of aromatic nitrogens is 1. The minimum atomic E-state index is -1.38. The third kappa shape index (κ3) is 7.59. The molecular formula is C36H32N4O6. The fourth-order valence-corrected chi connectivity index (χ4v) is 5.19. The average Bonchev–Trinajstić information content (AvgIpc) is 3.06. The minimum Gasteiger partial charge on any atom is -0.485 e. The van der Waals surface area contributed by atoms with Gasteiger partial charge in [-0.15, -0.1) is 0 Å². The van der Waals surface area contributed by atoms with Gasteiger partial charge in [0.2, 0.25) is 11.8 Å². The van der Waals surface area contributed by atoms with E-state index in [0.29, 0.717) is 16.5 Å².